The van der Waals surface area contributed by atoms with Crippen LogP contribution in [0.15, 0.2) is 30.3 Å². The molecule has 0 aliphatic carbocycles. The van der Waals surface area contributed by atoms with Crippen molar-refractivity contribution < 1.29 is 14.3 Å². The predicted molar refractivity (Wildman–Crippen MR) is 91.3 cm³/mol. The molecule has 3 rings (SSSR count). The number of carbonyl (C=O) groups is 2. The van der Waals surface area contributed by atoms with Gasteiger partial charge in [0.05, 0.1) is 5.41 Å². The van der Waals surface area contributed by atoms with Crippen molar-refractivity contribution in [3.8, 4) is 0 Å². The molecule has 0 unspecified atom stereocenters. The second-order valence-corrected chi connectivity index (χ2v) is 7.19. The second kappa shape index (κ2) is 6.83. The number of hydrogen-bond acceptors (Lipinski definition) is 3. The molecule has 130 valence electrons. The first kappa shape index (κ1) is 16.8. The number of piperidine rings is 1. The molecule has 0 saturated carbocycles. The van der Waals surface area contributed by atoms with Gasteiger partial charge in [-0.25, -0.2) is 4.79 Å². The Hall–Kier alpha value is -2.04. The van der Waals surface area contributed by atoms with Crippen LogP contribution in [-0.4, -0.2) is 47.5 Å². The van der Waals surface area contributed by atoms with E-state index in [0.29, 0.717) is 13.1 Å². The summed E-state index contributed by atoms with van der Waals surface area (Å²) < 4.78 is 5.42. The molecule has 2 fully saturated rings. The number of ether oxygens (including phenoxy) is 1. The van der Waals surface area contributed by atoms with Gasteiger partial charge in [-0.2, -0.15) is 0 Å². The third kappa shape index (κ3) is 3.25. The quantitative estimate of drug-likeness (QED) is 0.856. The highest BCUT2D eigenvalue weighted by Crippen LogP contribution is 2.40. The summed E-state index contributed by atoms with van der Waals surface area (Å²) in [5, 5.41) is 0. The zero-order valence-corrected chi connectivity index (χ0v) is 14.5. The largest absolute Gasteiger partial charge is 0.445 e. The normalized spacial score (nSPS) is 24.0. The fraction of sp³-hybridized carbons (Fsp3) is 0.579. The van der Waals surface area contributed by atoms with Gasteiger partial charge in [0.1, 0.15) is 6.61 Å². The molecule has 0 N–H and O–H groups in total. The Balaban J connectivity index is 1.60. The molecule has 0 aromatic heterocycles. The number of benzene rings is 1. The number of likely N-dealkylation sites (tertiary alicyclic amines) is 2. The van der Waals surface area contributed by atoms with Gasteiger partial charge < -0.3 is 14.5 Å². The van der Waals surface area contributed by atoms with Crippen LogP contribution < -0.4 is 0 Å². The molecule has 5 heteroatoms. The number of rotatable bonds is 3. The van der Waals surface area contributed by atoms with Crippen LogP contribution in [0.4, 0.5) is 4.79 Å². The minimum atomic E-state index is -0.395. The first-order valence-corrected chi connectivity index (χ1v) is 8.78. The maximum Gasteiger partial charge on any atom is 0.410 e. The van der Waals surface area contributed by atoms with Crippen molar-refractivity contribution in [1.82, 2.24) is 9.80 Å². The summed E-state index contributed by atoms with van der Waals surface area (Å²) in [6, 6.07) is 9.87. The fourth-order valence-electron chi connectivity index (χ4n) is 3.81. The van der Waals surface area contributed by atoms with E-state index in [2.05, 4.69) is 13.8 Å². The van der Waals surface area contributed by atoms with E-state index in [1.165, 1.54) is 0 Å². The molecular formula is C19H26N2O3. The van der Waals surface area contributed by atoms with E-state index in [1.54, 1.807) is 4.90 Å². The van der Waals surface area contributed by atoms with E-state index in [4.69, 9.17) is 4.74 Å². The number of amides is 2. The Morgan fingerprint density at radius 3 is 2.67 bits per heavy atom. The summed E-state index contributed by atoms with van der Waals surface area (Å²) in [5.41, 5.74) is 0.577. The van der Waals surface area contributed by atoms with Gasteiger partial charge in [-0.15, -0.1) is 0 Å². The molecule has 24 heavy (non-hydrogen) atoms. The van der Waals surface area contributed by atoms with Crippen LogP contribution >= 0.6 is 0 Å². The third-order valence-electron chi connectivity index (χ3n) is 5.21. The number of carbonyl (C=O) groups excluding carboxylic acids is 2. The topological polar surface area (TPSA) is 49.9 Å². The van der Waals surface area contributed by atoms with Gasteiger partial charge >= 0.3 is 6.09 Å². The van der Waals surface area contributed by atoms with Crippen LogP contribution in [-0.2, 0) is 16.1 Å². The molecule has 2 aliphatic heterocycles. The summed E-state index contributed by atoms with van der Waals surface area (Å²) >= 11 is 0. The second-order valence-electron chi connectivity index (χ2n) is 7.19. The van der Waals surface area contributed by atoms with Gasteiger partial charge in [0.25, 0.3) is 0 Å². The average molecular weight is 330 g/mol. The molecule has 2 amide bonds. The molecule has 1 aromatic carbocycles. The van der Waals surface area contributed by atoms with E-state index in [1.807, 2.05) is 35.2 Å². The van der Waals surface area contributed by atoms with Crippen molar-refractivity contribution in [3.05, 3.63) is 35.9 Å². The third-order valence-corrected chi connectivity index (χ3v) is 5.21. The molecule has 0 radical (unpaired) electrons. The smallest absolute Gasteiger partial charge is 0.410 e. The van der Waals surface area contributed by atoms with Crippen LogP contribution in [0.2, 0.25) is 0 Å². The molecule has 2 aliphatic rings. The monoisotopic (exact) mass is 330 g/mol. The Kier molecular flexibility index (Phi) is 4.78. The Morgan fingerprint density at radius 1 is 1.21 bits per heavy atom. The van der Waals surface area contributed by atoms with Crippen molar-refractivity contribution in [1.29, 1.82) is 0 Å². The van der Waals surface area contributed by atoms with Crippen LogP contribution in [0.3, 0.4) is 0 Å². The molecular weight excluding hydrogens is 304 g/mol. The van der Waals surface area contributed by atoms with Gasteiger partial charge in [-0.05, 0) is 38.7 Å². The van der Waals surface area contributed by atoms with Gasteiger partial charge in [0.2, 0.25) is 5.91 Å². The van der Waals surface area contributed by atoms with E-state index in [9.17, 15) is 9.59 Å². The molecule has 2 heterocycles. The first-order valence-electron chi connectivity index (χ1n) is 8.78. The SMILES string of the molecule is CC(C)N1CCC[C@@]2(CCN(C(=O)OCc3ccccc3)C2)C1=O. The van der Waals surface area contributed by atoms with E-state index < -0.39 is 5.41 Å². The molecule has 1 atom stereocenters. The van der Waals surface area contributed by atoms with Crippen LogP contribution in [0.25, 0.3) is 0 Å². The summed E-state index contributed by atoms with van der Waals surface area (Å²) in [7, 11) is 0. The fourth-order valence-corrected chi connectivity index (χ4v) is 3.81. The van der Waals surface area contributed by atoms with Gasteiger partial charge in [0, 0.05) is 25.7 Å². The summed E-state index contributed by atoms with van der Waals surface area (Å²) in [5.74, 6) is 0.210. The van der Waals surface area contributed by atoms with Gasteiger partial charge in [-0.1, -0.05) is 30.3 Å². The lowest BCUT2D eigenvalue weighted by atomic mass is 9.78. The van der Waals surface area contributed by atoms with Crippen LogP contribution in [0, 0.1) is 5.41 Å². The Morgan fingerprint density at radius 2 is 1.96 bits per heavy atom. The molecule has 5 nitrogen and oxygen atoms in total. The van der Waals surface area contributed by atoms with Crippen molar-refractivity contribution >= 4 is 12.0 Å². The summed E-state index contributed by atoms with van der Waals surface area (Å²) in [6.45, 7) is 6.30. The van der Waals surface area contributed by atoms with Crippen molar-refractivity contribution in [2.45, 2.75) is 45.8 Å². The van der Waals surface area contributed by atoms with E-state index in [-0.39, 0.29) is 24.6 Å². The zero-order valence-electron chi connectivity index (χ0n) is 14.5. The lowest BCUT2D eigenvalue weighted by Gasteiger charge is -2.41. The molecule has 2 saturated heterocycles. The highest BCUT2D eigenvalue weighted by atomic mass is 16.6. The van der Waals surface area contributed by atoms with E-state index in [0.717, 1.165) is 31.4 Å². The standard InChI is InChI=1S/C19H26N2O3/c1-15(2)21-11-6-9-19(17(21)22)10-12-20(14-19)18(23)24-13-16-7-4-3-5-8-16/h3-5,7-8,15H,6,9-14H2,1-2H3/t19-/m0/s1. The molecule has 1 spiro atoms. The predicted octanol–water partition coefficient (Wildman–Crippen LogP) is 3.05. The van der Waals surface area contributed by atoms with Gasteiger partial charge in [0.15, 0.2) is 0 Å². The van der Waals surface area contributed by atoms with Crippen LogP contribution in [0.1, 0.15) is 38.7 Å². The van der Waals surface area contributed by atoms with Crippen molar-refractivity contribution in [3.63, 3.8) is 0 Å². The number of hydrogen-bond donors (Lipinski definition) is 0. The average Bonchev–Trinajstić information content (AvgIpc) is 3.01. The lowest BCUT2D eigenvalue weighted by molar-refractivity contribution is -0.147. The lowest BCUT2D eigenvalue weighted by Crippen LogP contribution is -2.52. The first-order chi connectivity index (χ1) is 11.5. The summed E-state index contributed by atoms with van der Waals surface area (Å²) in [4.78, 5) is 28.9. The molecule has 1 aromatic rings. The highest BCUT2D eigenvalue weighted by Gasteiger charge is 2.50. The highest BCUT2D eigenvalue weighted by molar-refractivity contribution is 5.85. The Bertz CT molecular complexity index is 602. The van der Waals surface area contributed by atoms with Crippen molar-refractivity contribution in [2.75, 3.05) is 19.6 Å². The summed E-state index contributed by atoms with van der Waals surface area (Å²) in [6.07, 6.45) is 2.31. The van der Waals surface area contributed by atoms with Gasteiger partial charge in [-0.3, -0.25) is 4.79 Å². The van der Waals surface area contributed by atoms with Crippen LogP contribution in [0.5, 0.6) is 0 Å². The number of nitrogens with zero attached hydrogens (tertiary/aromatic N) is 2. The molecule has 0 bridgehead atoms. The maximum atomic E-state index is 12.9. The maximum absolute atomic E-state index is 12.9. The minimum Gasteiger partial charge on any atom is -0.445 e. The zero-order chi connectivity index (χ0) is 17.2. The minimum absolute atomic E-state index is 0.210. The van der Waals surface area contributed by atoms with Crippen molar-refractivity contribution in [2.24, 2.45) is 5.41 Å². The van der Waals surface area contributed by atoms with E-state index >= 15 is 0 Å². The Labute approximate surface area is 143 Å².